The van der Waals surface area contributed by atoms with Crippen LogP contribution >= 0.6 is 11.8 Å². The minimum absolute atomic E-state index is 0.0849. The van der Waals surface area contributed by atoms with Gasteiger partial charge in [0.05, 0.1) is 23.0 Å². The molecule has 0 saturated carbocycles. The summed E-state index contributed by atoms with van der Waals surface area (Å²) in [7, 11) is 0. The summed E-state index contributed by atoms with van der Waals surface area (Å²) in [4.78, 5) is 17.2. The standard InChI is InChI=1S/C22H21N5OS/c1-15(21(28)24-20-12-6-11-19-18(20)10-7-13-23-19)29-22-26-25-16(2)27(22)14-17-8-4-3-5-9-17/h3-13,15H,14H2,1-2H3,(H,24,28). The fourth-order valence-corrected chi connectivity index (χ4v) is 3.95. The zero-order valence-electron chi connectivity index (χ0n) is 16.2. The van der Waals surface area contributed by atoms with Crippen LogP contribution in [0.25, 0.3) is 10.9 Å². The molecule has 4 rings (SSSR count). The normalized spacial score (nSPS) is 12.1. The Kier molecular flexibility index (Phi) is 5.57. The number of aromatic nitrogens is 4. The number of nitrogens with one attached hydrogen (secondary N) is 1. The van der Waals surface area contributed by atoms with E-state index in [0.29, 0.717) is 6.54 Å². The van der Waals surface area contributed by atoms with E-state index >= 15 is 0 Å². The highest BCUT2D eigenvalue weighted by Gasteiger charge is 2.20. The average Bonchev–Trinajstić information content (AvgIpc) is 3.08. The summed E-state index contributed by atoms with van der Waals surface area (Å²) in [5.74, 6) is 0.738. The Morgan fingerprint density at radius 1 is 1.07 bits per heavy atom. The SMILES string of the molecule is Cc1nnc(SC(C)C(=O)Nc2cccc3ncccc23)n1Cc1ccccc1. The van der Waals surface area contributed by atoms with Crippen LogP contribution < -0.4 is 5.32 Å². The number of thioether (sulfide) groups is 1. The number of rotatable bonds is 6. The van der Waals surface area contributed by atoms with Gasteiger partial charge in [-0.15, -0.1) is 10.2 Å². The maximum atomic E-state index is 12.8. The number of hydrogen-bond acceptors (Lipinski definition) is 5. The van der Waals surface area contributed by atoms with Crippen molar-refractivity contribution in [2.24, 2.45) is 0 Å². The molecule has 1 amide bonds. The van der Waals surface area contributed by atoms with Crippen molar-refractivity contribution < 1.29 is 4.79 Å². The van der Waals surface area contributed by atoms with Crippen LogP contribution in [-0.2, 0) is 11.3 Å². The molecule has 1 atom stereocenters. The molecule has 1 unspecified atom stereocenters. The van der Waals surface area contributed by atoms with Gasteiger partial charge in [-0.2, -0.15) is 0 Å². The third-order valence-corrected chi connectivity index (χ3v) is 5.72. The van der Waals surface area contributed by atoms with E-state index in [9.17, 15) is 4.79 Å². The molecule has 29 heavy (non-hydrogen) atoms. The fraction of sp³-hybridized carbons (Fsp3) is 0.182. The molecule has 6 nitrogen and oxygen atoms in total. The first-order valence-corrected chi connectivity index (χ1v) is 10.2. The summed E-state index contributed by atoms with van der Waals surface area (Å²) in [6, 6.07) is 19.7. The van der Waals surface area contributed by atoms with Gasteiger partial charge in [0.1, 0.15) is 5.82 Å². The van der Waals surface area contributed by atoms with Crippen LogP contribution in [0, 0.1) is 6.92 Å². The first kappa shape index (κ1) is 19.1. The number of carbonyl (C=O) groups is 1. The van der Waals surface area contributed by atoms with Gasteiger partial charge < -0.3 is 9.88 Å². The molecule has 0 aliphatic heterocycles. The maximum Gasteiger partial charge on any atom is 0.237 e. The van der Waals surface area contributed by atoms with Gasteiger partial charge in [-0.25, -0.2) is 0 Å². The van der Waals surface area contributed by atoms with Crippen LogP contribution in [0.15, 0.2) is 72.0 Å². The lowest BCUT2D eigenvalue weighted by molar-refractivity contribution is -0.115. The quantitative estimate of drug-likeness (QED) is 0.486. The number of hydrogen-bond donors (Lipinski definition) is 1. The summed E-state index contributed by atoms with van der Waals surface area (Å²) in [5.41, 5.74) is 2.77. The largest absolute Gasteiger partial charge is 0.324 e. The lowest BCUT2D eigenvalue weighted by Gasteiger charge is -2.14. The van der Waals surface area contributed by atoms with Crippen molar-refractivity contribution in [1.82, 2.24) is 19.7 Å². The zero-order chi connectivity index (χ0) is 20.2. The molecule has 146 valence electrons. The maximum absolute atomic E-state index is 12.8. The van der Waals surface area contributed by atoms with Crippen molar-refractivity contribution in [3.8, 4) is 0 Å². The monoisotopic (exact) mass is 403 g/mol. The first-order valence-electron chi connectivity index (χ1n) is 9.37. The number of aryl methyl sites for hydroxylation is 1. The Morgan fingerprint density at radius 3 is 2.72 bits per heavy atom. The van der Waals surface area contributed by atoms with E-state index < -0.39 is 0 Å². The number of nitrogens with zero attached hydrogens (tertiary/aromatic N) is 4. The fourth-order valence-electron chi connectivity index (χ4n) is 3.06. The molecular formula is C22H21N5OS. The predicted molar refractivity (Wildman–Crippen MR) is 116 cm³/mol. The highest BCUT2D eigenvalue weighted by molar-refractivity contribution is 8.00. The van der Waals surface area contributed by atoms with Crippen LogP contribution in [-0.4, -0.2) is 30.9 Å². The van der Waals surface area contributed by atoms with Gasteiger partial charge in [-0.3, -0.25) is 9.78 Å². The van der Waals surface area contributed by atoms with Gasteiger partial charge in [0, 0.05) is 11.6 Å². The van der Waals surface area contributed by atoms with Gasteiger partial charge in [-0.1, -0.05) is 48.2 Å². The van der Waals surface area contributed by atoms with Gasteiger partial charge in [0.25, 0.3) is 0 Å². The van der Waals surface area contributed by atoms with E-state index in [0.717, 1.165) is 33.1 Å². The van der Waals surface area contributed by atoms with E-state index in [1.807, 2.05) is 66.9 Å². The highest BCUT2D eigenvalue weighted by atomic mass is 32.2. The average molecular weight is 404 g/mol. The van der Waals surface area contributed by atoms with E-state index in [4.69, 9.17) is 0 Å². The van der Waals surface area contributed by atoms with E-state index in [1.165, 1.54) is 11.8 Å². The van der Waals surface area contributed by atoms with Crippen molar-refractivity contribution in [3.05, 3.63) is 78.2 Å². The van der Waals surface area contributed by atoms with Gasteiger partial charge in [0.2, 0.25) is 5.91 Å². The summed E-state index contributed by atoms with van der Waals surface area (Å²) in [6.07, 6.45) is 1.74. The number of benzene rings is 2. The van der Waals surface area contributed by atoms with E-state index in [-0.39, 0.29) is 11.2 Å². The molecule has 0 radical (unpaired) electrons. The summed E-state index contributed by atoms with van der Waals surface area (Å²) < 4.78 is 2.03. The Bertz CT molecular complexity index is 1140. The molecule has 0 fully saturated rings. The highest BCUT2D eigenvalue weighted by Crippen LogP contribution is 2.26. The summed E-state index contributed by atoms with van der Waals surface area (Å²) >= 11 is 1.40. The van der Waals surface area contributed by atoms with Crippen molar-refractivity contribution in [1.29, 1.82) is 0 Å². The van der Waals surface area contributed by atoms with Crippen molar-refractivity contribution in [2.45, 2.75) is 30.8 Å². The molecule has 7 heteroatoms. The molecule has 2 aromatic carbocycles. The number of anilines is 1. The second-order valence-electron chi connectivity index (χ2n) is 6.73. The van der Waals surface area contributed by atoms with Crippen LogP contribution in [0.1, 0.15) is 18.3 Å². The Balaban J connectivity index is 1.49. The summed E-state index contributed by atoms with van der Waals surface area (Å²) in [6.45, 7) is 4.47. The topological polar surface area (TPSA) is 72.7 Å². The van der Waals surface area contributed by atoms with Crippen LogP contribution in [0.2, 0.25) is 0 Å². The smallest absolute Gasteiger partial charge is 0.237 e. The van der Waals surface area contributed by atoms with Crippen molar-refractivity contribution in [3.63, 3.8) is 0 Å². The van der Waals surface area contributed by atoms with Crippen LogP contribution in [0.3, 0.4) is 0 Å². The Hall–Kier alpha value is -3.19. The third-order valence-electron chi connectivity index (χ3n) is 4.64. The minimum Gasteiger partial charge on any atom is -0.324 e. The predicted octanol–water partition coefficient (Wildman–Crippen LogP) is 4.30. The van der Waals surface area contributed by atoms with E-state index in [1.54, 1.807) is 6.20 Å². The second kappa shape index (κ2) is 8.45. The molecule has 0 aliphatic carbocycles. The van der Waals surface area contributed by atoms with Gasteiger partial charge in [0.15, 0.2) is 5.16 Å². The van der Waals surface area contributed by atoms with Crippen molar-refractivity contribution in [2.75, 3.05) is 5.32 Å². The first-order chi connectivity index (χ1) is 14.1. The Labute approximate surface area is 173 Å². The molecule has 2 heterocycles. The number of carbonyl (C=O) groups excluding carboxylic acids is 1. The second-order valence-corrected chi connectivity index (χ2v) is 8.03. The molecule has 2 aromatic heterocycles. The van der Waals surface area contributed by atoms with Crippen LogP contribution in [0.5, 0.6) is 0 Å². The van der Waals surface area contributed by atoms with Gasteiger partial charge >= 0.3 is 0 Å². The molecule has 0 spiro atoms. The lowest BCUT2D eigenvalue weighted by atomic mass is 10.2. The molecule has 0 bridgehead atoms. The molecule has 1 N–H and O–H groups in total. The van der Waals surface area contributed by atoms with Crippen molar-refractivity contribution >= 4 is 34.3 Å². The number of amides is 1. The molecule has 4 aromatic rings. The number of fused-ring (bicyclic) bond motifs is 1. The minimum atomic E-state index is -0.333. The zero-order valence-corrected chi connectivity index (χ0v) is 17.1. The van der Waals surface area contributed by atoms with Gasteiger partial charge in [-0.05, 0) is 43.7 Å². The molecule has 0 saturated heterocycles. The van der Waals surface area contributed by atoms with Crippen LogP contribution in [0.4, 0.5) is 5.69 Å². The lowest BCUT2D eigenvalue weighted by Crippen LogP contribution is -2.23. The van der Waals surface area contributed by atoms with E-state index in [2.05, 4.69) is 32.6 Å². The number of pyridine rings is 1. The molecular weight excluding hydrogens is 382 g/mol. The third kappa shape index (κ3) is 4.30. The Morgan fingerprint density at radius 2 is 1.90 bits per heavy atom. The molecule has 0 aliphatic rings. The summed E-state index contributed by atoms with van der Waals surface area (Å²) in [5, 5.41) is 12.8.